The van der Waals surface area contributed by atoms with Crippen LogP contribution in [0.3, 0.4) is 0 Å². The third-order valence-corrected chi connectivity index (χ3v) is 4.19. The molecule has 0 aromatic carbocycles. The fraction of sp³-hybridized carbons (Fsp3) is 0.412. The molecule has 0 unspecified atom stereocenters. The van der Waals surface area contributed by atoms with Crippen molar-refractivity contribution in [3.8, 4) is 0 Å². The molecule has 3 rings (SSSR count). The second-order valence-corrected chi connectivity index (χ2v) is 6.11. The molecule has 126 valence electrons. The van der Waals surface area contributed by atoms with Crippen molar-refractivity contribution in [1.82, 2.24) is 25.0 Å². The molecule has 7 nitrogen and oxygen atoms in total. The second-order valence-electron chi connectivity index (χ2n) is 6.11. The van der Waals surface area contributed by atoms with Gasteiger partial charge in [-0.3, -0.25) is 14.3 Å². The summed E-state index contributed by atoms with van der Waals surface area (Å²) in [4.78, 5) is 30.7. The number of rotatable bonds is 3. The highest BCUT2D eigenvalue weighted by atomic mass is 16.2. The van der Waals surface area contributed by atoms with Crippen LogP contribution in [0.2, 0.25) is 0 Å². The smallest absolute Gasteiger partial charge is 0.272 e. The van der Waals surface area contributed by atoms with Crippen molar-refractivity contribution in [3.05, 3.63) is 47.5 Å². The zero-order chi connectivity index (χ0) is 17.1. The van der Waals surface area contributed by atoms with Gasteiger partial charge in [0.25, 0.3) is 11.8 Å². The molecule has 0 aliphatic carbocycles. The molecular formula is C17H21N5O2. The van der Waals surface area contributed by atoms with E-state index in [-0.39, 0.29) is 17.9 Å². The van der Waals surface area contributed by atoms with Crippen molar-refractivity contribution in [2.75, 3.05) is 13.1 Å². The summed E-state index contributed by atoms with van der Waals surface area (Å²) in [5.74, 6) is -0.163. The van der Waals surface area contributed by atoms with Gasteiger partial charge in [-0.1, -0.05) is 6.07 Å². The Bertz CT molecular complexity index is 747. The third-order valence-electron chi connectivity index (χ3n) is 4.19. The second kappa shape index (κ2) is 6.82. The molecule has 7 heteroatoms. The van der Waals surface area contributed by atoms with Gasteiger partial charge in [0.15, 0.2) is 0 Å². The first-order valence-corrected chi connectivity index (χ1v) is 8.05. The van der Waals surface area contributed by atoms with Crippen molar-refractivity contribution in [1.29, 1.82) is 0 Å². The highest BCUT2D eigenvalue weighted by Gasteiger charge is 2.25. The van der Waals surface area contributed by atoms with E-state index in [1.807, 2.05) is 19.1 Å². The number of hydrogen-bond donors (Lipinski definition) is 1. The number of aromatic nitrogens is 3. The van der Waals surface area contributed by atoms with E-state index >= 15 is 0 Å². The van der Waals surface area contributed by atoms with Crippen LogP contribution in [-0.2, 0) is 7.05 Å². The lowest BCUT2D eigenvalue weighted by molar-refractivity contribution is 0.0692. The van der Waals surface area contributed by atoms with E-state index in [9.17, 15) is 9.59 Å². The Labute approximate surface area is 140 Å². The fourth-order valence-corrected chi connectivity index (χ4v) is 2.86. The summed E-state index contributed by atoms with van der Waals surface area (Å²) in [6.45, 7) is 3.11. The van der Waals surface area contributed by atoms with Gasteiger partial charge < -0.3 is 10.2 Å². The molecule has 0 atom stereocenters. The quantitative estimate of drug-likeness (QED) is 0.917. The molecule has 24 heavy (non-hydrogen) atoms. The maximum Gasteiger partial charge on any atom is 0.272 e. The monoisotopic (exact) mass is 327 g/mol. The molecule has 1 aliphatic heterocycles. The molecule has 1 saturated heterocycles. The van der Waals surface area contributed by atoms with E-state index in [1.54, 1.807) is 35.1 Å². The standard InChI is InChI=1S/C17H21N5O2/c1-12-4-3-5-15(19-12)17(24)22-8-6-14(7-9-22)20-16(23)13-10-18-21(2)11-13/h3-5,10-11,14H,6-9H2,1-2H3,(H,20,23). The van der Waals surface area contributed by atoms with Gasteiger partial charge in [-0.05, 0) is 31.9 Å². The molecule has 0 spiro atoms. The van der Waals surface area contributed by atoms with Crippen molar-refractivity contribution in [3.63, 3.8) is 0 Å². The van der Waals surface area contributed by atoms with Crippen molar-refractivity contribution in [2.24, 2.45) is 7.05 Å². The largest absolute Gasteiger partial charge is 0.349 e. The van der Waals surface area contributed by atoms with Gasteiger partial charge in [0, 0.05) is 38.1 Å². The number of nitrogens with one attached hydrogen (secondary N) is 1. The lowest BCUT2D eigenvalue weighted by Gasteiger charge is -2.32. The first-order chi connectivity index (χ1) is 11.5. The number of nitrogens with zero attached hydrogens (tertiary/aromatic N) is 4. The number of likely N-dealkylation sites (tertiary alicyclic amines) is 1. The zero-order valence-corrected chi connectivity index (χ0v) is 13.9. The maximum absolute atomic E-state index is 12.5. The average Bonchev–Trinajstić information content (AvgIpc) is 3.01. The molecule has 1 N–H and O–H groups in total. The van der Waals surface area contributed by atoms with Gasteiger partial charge in [0.2, 0.25) is 0 Å². The van der Waals surface area contributed by atoms with Crippen LogP contribution in [0.25, 0.3) is 0 Å². The highest BCUT2D eigenvalue weighted by molar-refractivity contribution is 5.94. The molecule has 2 aromatic rings. The van der Waals surface area contributed by atoms with Crippen LogP contribution in [0.5, 0.6) is 0 Å². The Hall–Kier alpha value is -2.70. The van der Waals surface area contributed by atoms with Crippen LogP contribution in [0.15, 0.2) is 30.6 Å². The fourth-order valence-electron chi connectivity index (χ4n) is 2.86. The number of aryl methyl sites for hydroxylation is 2. The number of carbonyl (C=O) groups excluding carboxylic acids is 2. The Kier molecular flexibility index (Phi) is 4.59. The molecule has 0 bridgehead atoms. The zero-order valence-electron chi connectivity index (χ0n) is 13.9. The summed E-state index contributed by atoms with van der Waals surface area (Å²) in [5.41, 5.74) is 1.87. The number of piperidine rings is 1. The van der Waals surface area contributed by atoms with Crippen LogP contribution in [0, 0.1) is 6.92 Å². The predicted octanol–water partition coefficient (Wildman–Crippen LogP) is 1.16. The number of amides is 2. The lowest BCUT2D eigenvalue weighted by Crippen LogP contribution is -2.46. The van der Waals surface area contributed by atoms with Crippen molar-refractivity contribution in [2.45, 2.75) is 25.8 Å². The molecular weight excluding hydrogens is 306 g/mol. The van der Waals surface area contributed by atoms with E-state index in [0.29, 0.717) is 24.3 Å². The maximum atomic E-state index is 12.5. The third kappa shape index (κ3) is 3.61. The molecule has 1 fully saturated rings. The minimum atomic E-state index is -0.117. The van der Waals surface area contributed by atoms with Crippen LogP contribution in [0.4, 0.5) is 0 Å². The van der Waals surface area contributed by atoms with Crippen molar-refractivity contribution >= 4 is 11.8 Å². The van der Waals surface area contributed by atoms with E-state index in [4.69, 9.17) is 0 Å². The molecule has 1 aliphatic rings. The van der Waals surface area contributed by atoms with E-state index in [0.717, 1.165) is 18.5 Å². The topological polar surface area (TPSA) is 80.1 Å². The van der Waals surface area contributed by atoms with Crippen LogP contribution in [0.1, 0.15) is 39.4 Å². The lowest BCUT2D eigenvalue weighted by atomic mass is 10.0. The number of carbonyl (C=O) groups is 2. The van der Waals surface area contributed by atoms with Crippen LogP contribution in [-0.4, -0.2) is 50.6 Å². The van der Waals surface area contributed by atoms with Gasteiger partial charge >= 0.3 is 0 Å². The molecule has 0 radical (unpaired) electrons. The Balaban J connectivity index is 1.54. The van der Waals surface area contributed by atoms with E-state index in [2.05, 4.69) is 15.4 Å². The first-order valence-electron chi connectivity index (χ1n) is 8.05. The first kappa shape index (κ1) is 16.2. The van der Waals surface area contributed by atoms with Crippen LogP contribution >= 0.6 is 0 Å². The molecule has 0 saturated carbocycles. The normalized spacial score (nSPS) is 15.3. The van der Waals surface area contributed by atoms with Gasteiger partial charge in [-0.2, -0.15) is 5.10 Å². The Morgan fingerprint density at radius 2 is 2.00 bits per heavy atom. The summed E-state index contributed by atoms with van der Waals surface area (Å²) < 4.78 is 1.60. The van der Waals surface area contributed by atoms with Gasteiger partial charge in [-0.25, -0.2) is 4.98 Å². The van der Waals surface area contributed by atoms with E-state index < -0.39 is 0 Å². The predicted molar refractivity (Wildman–Crippen MR) is 88.6 cm³/mol. The Morgan fingerprint density at radius 1 is 1.25 bits per heavy atom. The van der Waals surface area contributed by atoms with Crippen LogP contribution < -0.4 is 5.32 Å². The highest BCUT2D eigenvalue weighted by Crippen LogP contribution is 2.14. The average molecular weight is 327 g/mol. The summed E-state index contributed by atoms with van der Waals surface area (Å²) in [5, 5.41) is 7.01. The van der Waals surface area contributed by atoms with Crippen molar-refractivity contribution < 1.29 is 9.59 Å². The number of hydrogen-bond acceptors (Lipinski definition) is 4. The summed E-state index contributed by atoms with van der Waals surface area (Å²) in [7, 11) is 1.78. The minimum absolute atomic E-state index is 0.0456. The summed E-state index contributed by atoms with van der Waals surface area (Å²) >= 11 is 0. The Morgan fingerprint density at radius 3 is 2.62 bits per heavy atom. The van der Waals surface area contributed by atoms with Gasteiger partial charge in [0.05, 0.1) is 11.8 Å². The molecule has 2 aromatic heterocycles. The van der Waals surface area contributed by atoms with Gasteiger partial charge in [-0.15, -0.1) is 0 Å². The minimum Gasteiger partial charge on any atom is -0.349 e. The summed E-state index contributed by atoms with van der Waals surface area (Å²) in [6, 6.07) is 5.53. The SMILES string of the molecule is Cc1cccc(C(=O)N2CCC(NC(=O)c3cnn(C)c3)CC2)n1. The van der Waals surface area contributed by atoms with E-state index in [1.165, 1.54) is 0 Å². The number of pyridine rings is 1. The summed E-state index contributed by atoms with van der Waals surface area (Å²) in [6.07, 6.45) is 4.72. The molecule has 2 amide bonds. The van der Waals surface area contributed by atoms with Gasteiger partial charge in [0.1, 0.15) is 5.69 Å². The molecule has 3 heterocycles.